The predicted octanol–water partition coefficient (Wildman–Crippen LogP) is 2.79. The second-order valence-electron chi connectivity index (χ2n) is 9.40. The summed E-state index contributed by atoms with van der Waals surface area (Å²) in [5, 5.41) is 24.1. The summed E-state index contributed by atoms with van der Waals surface area (Å²) in [5.41, 5.74) is 2.15. The van der Waals surface area contributed by atoms with Gasteiger partial charge in [0, 0.05) is 35.2 Å². The van der Waals surface area contributed by atoms with E-state index in [2.05, 4.69) is 5.32 Å². The van der Waals surface area contributed by atoms with Crippen LogP contribution < -0.4 is 10.1 Å². The molecule has 0 bridgehead atoms. The number of benzene rings is 2. The zero-order valence-electron chi connectivity index (χ0n) is 19.3. The number of fused-ring (bicyclic) bond motifs is 3. The lowest BCUT2D eigenvalue weighted by Gasteiger charge is -2.42. The molecule has 2 amide bonds. The molecule has 1 heterocycles. The monoisotopic (exact) mass is 496 g/mol. The first-order valence-corrected chi connectivity index (χ1v) is 12.4. The first-order chi connectivity index (χ1) is 17.0. The fourth-order valence-electron chi connectivity index (χ4n) is 5.20. The number of nitrogens with one attached hydrogen (secondary N) is 1. The summed E-state index contributed by atoms with van der Waals surface area (Å²) in [7, 11) is 0. The van der Waals surface area contributed by atoms with E-state index in [9.17, 15) is 19.8 Å². The number of carbonyl (C=O) groups excluding carboxylic acids is 2. The van der Waals surface area contributed by atoms with Gasteiger partial charge in [0.05, 0.1) is 18.6 Å². The highest BCUT2D eigenvalue weighted by molar-refractivity contribution is 6.30. The Hall–Kier alpha value is -2.87. The van der Waals surface area contributed by atoms with Crippen LogP contribution in [0.1, 0.15) is 36.3 Å². The van der Waals surface area contributed by atoms with E-state index in [4.69, 9.17) is 16.3 Å². The van der Waals surface area contributed by atoms with Crippen LogP contribution in [0, 0.1) is 5.92 Å². The topological polar surface area (TPSA) is 99.1 Å². The Labute approximate surface area is 209 Å². The van der Waals surface area contributed by atoms with E-state index >= 15 is 0 Å². The van der Waals surface area contributed by atoms with Gasteiger partial charge in [-0.05, 0) is 42.7 Å². The number of aliphatic hydroxyl groups excluding tert-OH is 2. The van der Waals surface area contributed by atoms with Gasteiger partial charge >= 0.3 is 0 Å². The van der Waals surface area contributed by atoms with E-state index < -0.39 is 24.2 Å². The average Bonchev–Trinajstić information content (AvgIpc) is 3.22. The second kappa shape index (κ2) is 10.0. The Morgan fingerprint density at radius 1 is 1.11 bits per heavy atom. The molecule has 0 saturated heterocycles. The summed E-state index contributed by atoms with van der Waals surface area (Å²) in [6.45, 7) is 0.203. The lowest BCUT2D eigenvalue weighted by molar-refractivity contribution is -0.144. The maximum Gasteiger partial charge on any atom is 0.247 e. The number of ether oxygens (including phenoxy) is 1. The lowest BCUT2D eigenvalue weighted by Crippen LogP contribution is -2.56. The number of para-hydroxylation sites is 1. The summed E-state index contributed by atoms with van der Waals surface area (Å²) >= 11 is 6.06. The second-order valence-corrected chi connectivity index (χ2v) is 9.84. The number of halogens is 1. The highest BCUT2D eigenvalue weighted by atomic mass is 35.5. The largest absolute Gasteiger partial charge is 0.486 e. The summed E-state index contributed by atoms with van der Waals surface area (Å²) in [5.74, 6) is -0.302. The van der Waals surface area contributed by atoms with Crippen LogP contribution in [0.4, 0.5) is 0 Å². The van der Waals surface area contributed by atoms with Gasteiger partial charge in [-0.2, -0.15) is 0 Å². The Kier molecular flexibility index (Phi) is 6.82. The van der Waals surface area contributed by atoms with E-state index in [1.54, 1.807) is 23.1 Å². The van der Waals surface area contributed by atoms with Crippen LogP contribution >= 0.6 is 11.6 Å². The first-order valence-electron chi connectivity index (χ1n) is 12.1. The Bertz CT molecular complexity index is 1130. The van der Waals surface area contributed by atoms with E-state index in [0.717, 1.165) is 30.4 Å². The summed E-state index contributed by atoms with van der Waals surface area (Å²) in [6.07, 6.45) is 2.63. The predicted molar refractivity (Wildman–Crippen MR) is 131 cm³/mol. The molecule has 5 rings (SSSR count). The molecular formula is C27H29ClN2O5. The van der Waals surface area contributed by atoms with Crippen molar-refractivity contribution in [1.29, 1.82) is 0 Å². The zero-order chi connectivity index (χ0) is 24.5. The molecule has 35 heavy (non-hydrogen) atoms. The van der Waals surface area contributed by atoms with Crippen molar-refractivity contribution < 1.29 is 24.5 Å². The quantitative estimate of drug-likeness (QED) is 0.547. The zero-order valence-corrected chi connectivity index (χ0v) is 20.0. The van der Waals surface area contributed by atoms with Gasteiger partial charge in [-0.1, -0.05) is 48.4 Å². The van der Waals surface area contributed by atoms with Crippen LogP contribution in [-0.2, 0) is 16.1 Å². The van der Waals surface area contributed by atoms with Crippen LogP contribution in [0.15, 0.2) is 60.2 Å². The SMILES string of the molecule is O=C(NCCO)C1=C[C@@H](N(Cc2ccc(Cl)cc2)C(=O)C2CCC2)[C@H](O)[C@H]2Oc3ccccc3[C@@H]12. The molecule has 4 atom stereocenters. The van der Waals surface area contributed by atoms with Crippen LogP contribution in [-0.4, -0.2) is 58.3 Å². The van der Waals surface area contributed by atoms with E-state index in [-0.39, 0.29) is 37.4 Å². The first kappa shape index (κ1) is 23.9. The smallest absolute Gasteiger partial charge is 0.247 e. The molecule has 2 aromatic carbocycles. The van der Waals surface area contributed by atoms with E-state index in [0.29, 0.717) is 16.3 Å². The summed E-state index contributed by atoms with van der Waals surface area (Å²) in [6, 6.07) is 14.0. The van der Waals surface area contributed by atoms with Crippen molar-refractivity contribution in [2.45, 2.75) is 50.0 Å². The van der Waals surface area contributed by atoms with Gasteiger partial charge in [-0.15, -0.1) is 0 Å². The summed E-state index contributed by atoms with van der Waals surface area (Å²) < 4.78 is 6.16. The molecule has 184 valence electrons. The van der Waals surface area contributed by atoms with Gasteiger partial charge in [-0.25, -0.2) is 0 Å². The van der Waals surface area contributed by atoms with Crippen molar-refractivity contribution in [3.05, 3.63) is 76.3 Å². The molecule has 1 fully saturated rings. The maximum atomic E-state index is 13.6. The van der Waals surface area contributed by atoms with Crippen molar-refractivity contribution in [2.24, 2.45) is 5.92 Å². The molecule has 2 aliphatic carbocycles. The minimum Gasteiger partial charge on any atom is -0.486 e. The van der Waals surface area contributed by atoms with Crippen LogP contribution in [0.25, 0.3) is 0 Å². The lowest BCUT2D eigenvalue weighted by atomic mass is 9.76. The molecule has 2 aromatic rings. The number of nitrogens with zero attached hydrogens (tertiary/aromatic N) is 1. The molecule has 3 N–H and O–H groups in total. The molecule has 0 aromatic heterocycles. The third-order valence-electron chi connectivity index (χ3n) is 7.24. The highest BCUT2D eigenvalue weighted by Crippen LogP contribution is 2.47. The van der Waals surface area contributed by atoms with Gasteiger partial charge in [0.15, 0.2) is 0 Å². The van der Waals surface area contributed by atoms with Crippen molar-refractivity contribution in [2.75, 3.05) is 13.2 Å². The van der Waals surface area contributed by atoms with Crippen LogP contribution in [0.5, 0.6) is 5.75 Å². The van der Waals surface area contributed by atoms with Crippen molar-refractivity contribution >= 4 is 23.4 Å². The molecular weight excluding hydrogens is 468 g/mol. The number of aliphatic hydroxyl groups is 2. The third-order valence-corrected chi connectivity index (χ3v) is 7.49. The van der Waals surface area contributed by atoms with Crippen molar-refractivity contribution in [3.8, 4) is 5.75 Å². The molecule has 0 unspecified atom stereocenters. The number of hydrogen-bond donors (Lipinski definition) is 3. The molecule has 0 radical (unpaired) electrons. The van der Waals surface area contributed by atoms with Crippen molar-refractivity contribution in [3.63, 3.8) is 0 Å². The molecule has 1 saturated carbocycles. The number of hydrogen-bond acceptors (Lipinski definition) is 5. The van der Waals surface area contributed by atoms with Gasteiger partial charge in [0.2, 0.25) is 11.8 Å². The Morgan fingerprint density at radius 3 is 2.54 bits per heavy atom. The molecule has 1 aliphatic heterocycles. The minimum atomic E-state index is -1.03. The van der Waals surface area contributed by atoms with E-state index in [1.165, 1.54) is 0 Å². The maximum absolute atomic E-state index is 13.6. The summed E-state index contributed by atoms with van der Waals surface area (Å²) in [4.78, 5) is 28.5. The number of amides is 2. The van der Waals surface area contributed by atoms with Gasteiger partial charge in [-0.3, -0.25) is 9.59 Å². The van der Waals surface area contributed by atoms with Gasteiger partial charge in [0.1, 0.15) is 18.0 Å². The fraction of sp³-hybridized carbons (Fsp3) is 0.407. The molecule has 0 spiro atoms. The molecule has 3 aliphatic rings. The normalized spacial score (nSPS) is 24.9. The van der Waals surface area contributed by atoms with Crippen LogP contribution in [0.2, 0.25) is 5.02 Å². The Morgan fingerprint density at radius 2 is 1.86 bits per heavy atom. The van der Waals surface area contributed by atoms with Gasteiger partial charge in [0.25, 0.3) is 0 Å². The standard InChI is InChI=1S/C27H29ClN2O5/c28-18-10-8-16(9-11-18)15-30(27(34)17-4-3-5-17)21-14-20(26(33)29-12-13-31)23-19-6-1-2-7-22(19)35-25(23)24(21)32/h1-2,6-11,14,17,21,23-25,31-32H,3-5,12-13,15H2,(H,29,33)/t21-,23+,24+,25+/m1/s1. The van der Waals surface area contributed by atoms with Crippen molar-refractivity contribution in [1.82, 2.24) is 10.2 Å². The molecule has 7 nitrogen and oxygen atoms in total. The number of rotatable bonds is 7. The van der Waals surface area contributed by atoms with Crippen LogP contribution in [0.3, 0.4) is 0 Å². The highest BCUT2D eigenvalue weighted by Gasteiger charge is 2.51. The number of carbonyl (C=O) groups is 2. The third kappa shape index (κ3) is 4.56. The minimum absolute atomic E-state index is 0.0319. The Balaban J connectivity index is 1.54. The molecule has 8 heteroatoms. The van der Waals surface area contributed by atoms with Gasteiger partial charge < -0.3 is 25.2 Å². The fourth-order valence-corrected chi connectivity index (χ4v) is 5.32. The van der Waals surface area contributed by atoms with E-state index in [1.807, 2.05) is 36.4 Å². The average molecular weight is 497 g/mol.